The number of Topliss-reactive ketones (excluding diaryl/α,β-unsaturated/α-hetero) is 1. The van der Waals surface area contributed by atoms with Crippen LogP contribution in [0.4, 0.5) is 5.82 Å². The van der Waals surface area contributed by atoms with E-state index in [1.807, 2.05) is 6.07 Å². The minimum Gasteiger partial charge on any atom is -0.486 e. The smallest absolute Gasteiger partial charge is 0.292 e. The molecule has 2 aromatic heterocycles. The highest BCUT2D eigenvalue weighted by atomic mass is 79.9. The lowest BCUT2D eigenvalue weighted by molar-refractivity contribution is 0.0990. The summed E-state index contributed by atoms with van der Waals surface area (Å²) in [6.45, 7) is 2.04. The Balaban J connectivity index is 1.36. The topological polar surface area (TPSA) is 86.4 Å². The van der Waals surface area contributed by atoms with E-state index in [9.17, 15) is 9.59 Å². The number of hydrogen-bond donors (Lipinski definition) is 1. The molecule has 0 aliphatic carbocycles. The Hall–Kier alpha value is -3.07. The molecule has 2 heterocycles. The standard InChI is InChI=1S/C24H18BrCl2N3O4/c1-14(31)15-3-6-18(7-4-15)33-13-19-8-9-22(34-19)24(32)28-23-20(25)12-30(29-23)11-16-2-5-17(26)10-21(16)27/h2-10,12H,11,13H2,1H3,(H,28,29,32). The van der Waals surface area contributed by atoms with Crippen molar-refractivity contribution < 1.29 is 18.7 Å². The van der Waals surface area contributed by atoms with E-state index in [0.717, 1.165) is 5.56 Å². The maximum atomic E-state index is 12.6. The van der Waals surface area contributed by atoms with Crippen molar-refractivity contribution in [2.45, 2.75) is 20.1 Å². The zero-order valence-corrected chi connectivity index (χ0v) is 20.9. The van der Waals surface area contributed by atoms with Gasteiger partial charge in [-0.2, -0.15) is 5.10 Å². The highest BCUT2D eigenvalue weighted by molar-refractivity contribution is 9.10. The van der Waals surface area contributed by atoms with E-state index in [0.29, 0.717) is 44.0 Å². The molecule has 0 radical (unpaired) electrons. The van der Waals surface area contributed by atoms with Crippen LogP contribution in [0.15, 0.2) is 69.7 Å². The quantitative estimate of drug-likeness (QED) is 0.244. The lowest BCUT2D eigenvalue weighted by Gasteiger charge is -2.05. The van der Waals surface area contributed by atoms with Crippen LogP contribution in [0.25, 0.3) is 0 Å². The molecule has 0 aliphatic heterocycles. The number of ketones is 1. The van der Waals surface area contributed by atoms with Gasteiger partial charge in [-0.05, 0) is 76.9 Å². The first kappa shape index (κ1) is 24.1. The third kappa shape index (κ3) is 5.88. The molecule has 0 saturated carbocycles. The number of nitrogens with zero attached hydrogens (tertiary/aromatic N) is 2. The summed E-state index contributed by atoms with van der Waals surface area (Å²) in [6.07, 6.45) is 1.74. The zero-order valence-electron chi connectivity index (χ0n) is 17.8. The largest absolute Gasteiger partial charge is 0.486 e. The average Bonchev–Trinajstić information content (AvgIpc) is 3.41. The van der Waals surface area contributed by atoms with E-state index in [4.69, 9.17) is 32.4 Å². The van der Waals surface area contributed by atoms with Gasteiger partial charge in [-0.3, -0.25) is 14.3 Å². The summed E-state index contributed by atoms with van der Waals surface area (Å²) < 4.78 is 13.5. The number of anilines is 1. The van der Waals surface area contributed by atoms with Gasteiger partial charge in [0.15, 0.2) is 17.4 Å². The Bertz CT molecular complexity index is 1350. The first-order valence-electron chi connectivity index (χ1n) is 10.1. The van der Waals surface area contributed by atoms with Gasteiger partial charge in [0.1, 0.15) is 18.1 Å². The van der Waals surface area contributed by atoms with Gasteiger partial charge in [0, 0.05) is 21.8 Å². The molecule has 1 amide bonds. The van der Waals surface area contributed by atoms with Crippen LogP contribution in [0, 0.1) is 0 Å². The Morgan fingerprint density at radius 1 is 1.12 bits per heavy atom. The van der Waals surface area contributed by atoms with Crippen molar-refractivity contribution in [2.24, 2.45) is 0 Å². The summed E-state index contributed by atoms with van der Waals surface area (Å²) in [6, 6.07) is 15.3. The lowest BCUT2D eigenvalue weighted by atomic mass is 10.1. The molecule has 34 heavy (non-hydrogen) atoms. The number of nitrogens with one attached hydrogen (secondary N) is 1. The van der Waals surface area contributed by atoms with Crippen LogP contribution in [-0.4, -0.2) is 21.5 Å². The molecule has 0 bridgehead atoms. The molecule has 1 N–H and O–H groups in total. The number of carbonyl (C=O) groups excluding carboxylic acids is 2. The van der Waals surface area contributed by atoms with Gasteiger partial charge >= 0.3 is 0 Å². The molecule has 2 aromatic carbocycles. The molecule has 10 heteroatoms. The van der Waals surface area contributed by atoms with Gasteiger partial charge in [0.2, 0.25) is 0 Å². The molecule has 0 saturated heterocycles. The first-order valence-corrected chi connectivity index (χ1v) is 11.6. The number of aromatic nitrogens is 2. The monoisotopic (exact) mass is 561 g/mol. The molecule has 0 atom stereocenters. The van der Waals surface area contributed by atoms with Crippen molar-refractivity contribution in [1.82, 2.24) is 9.78 Å². The highest BCUT2D eigenvalue weighted by Crippen LogP contribution is 2.25. The Labute approximate surface area is 213 Å². The molecule has 0 spiro atoms. The molecule has 0 aliphatic rings. The second-order valence-electron chi connectivity index (χ2n) is 7.35. The van der Waals surface area contributed by atoms with Crippen molar-refractivity contribution >= 4 is 56.6 Å². The number of benzene rings is 2. The van der Waals surface area contributed by atoms with Crippen LogP contribution < -0.4 is 10.1 Å². The average molecular weight is 563 g/mol. The van der Waals surface area contributed by atoms with Crippen molar-refractivity contribution in [3.63, 3.8) is 0 Å². The number of carbonyl (C=O) groups is 2. The number of rotatable bonds is 8. The minimum absolute atomic E-state index is 0.0153. The molecular formula is C24H18BrCl2N3O4. The molecule has 0 unspecified atom stereocenters. The van der Waals surface area contributed by atoms with Gasteiger partial charge < -0.3 is 14.5 Å². The summed E-state index contributed by atoms with van der Waals surface area (Å²) in [5, 5.41) is 8.20. The molecule has 4 rings (SSSR count). The molecule has 4 aromatic rings. The SMILES string of the molecule is CC(=O)c1ccc(OCc2ccc(C(=O)Nc3nn(Cc4ccc(Cl)cc4Cl)cc3Br)o2)cc1. The Kier molecular flexibility index (Phi) is 7.41. The summed E-state index contributed by atoms with van der Waals surface area (Å²) in [4.78, 5) is 24.0. The van der Waals surface area contributed by atoms with Crippen LogP contribution >= 0.6 is 39.1 Å². The zero-order chi connectivity index (χ0) is 24.2. The Morgan fingerprint density at radius 2 is 1.88 bits per heavy atom. The number of ether oxygens (including phenoxy) is 1. The summed E-state index contributed by atoms with van der Waals surface area (Å²) >= 11 is 15.6. The predicted octanol–water partition coefficient (Wildman–Crippen LogP) is 6.63. The predicted molar refractivity (Wildman–Crippen MR) is 133 cm³/mol. The van der Waals surface area contributed by atoms with Gasteiger partial charge in [0.05, 0.1) is 11.0 Å². The van der Waals surface area contributed by atoms with Crippen molar-refractivity contribution in [3.05, 3.63) is 98.0 Å². The van der Waals surface area contributed by atoms with E-state index in [1.165, 1.54) is 6.92 Å². The third-order valence-corrected chi connectivity index (χ3v) is 5.99. The fourth-order valence-electron chi connectivity index (χ4n) is 3.07. The summed E-state index contributed by atoms with van der Waals surface area (Å²) in [5.74, 6) is 1.05. The van der Waals surface area contributed by atoms with Crippen LogP contribution in [0.3, 0.4) is 0 Å². The van der Waals surface area contributed by atoms with E-state index >= 15 is 0 Å². The highest BCUT2D eigenvalue weighted by Gasteiger charge is 2.16. The van der Waals surface area contributed by atoms with Crippen molar-refractivity contribution in [2.75, 3.05) is 5.32 Å². The molecule has 174 valence electrons. The molecular weight excluding hydrogens is 545 g/mol. The lowest BCUT2D eigenvalue weighted by Crippen LogP contribution is -2.12. The van der Waals surface area contributed by atoms with Gasteiger partial charge in [0.25, 0.3) is 5.91 Å². The molecule has 7 nitrogen and oxygen atoms in total. The Morgan fingerprint density at radius 3 is 2.59 bits per heavy atom. The number of amides is 1. The van der Waals surface area contributed by atoms with Crippen LogP contribution in [-0.2, 0) is 13.2 Å². The van der Waals surface area contributed by atoms with Gasteiger partial charge in [-0.25, -0.2) is 0 Å². The maximum Gasteiger partial charge on any atom is 0.292 e. The number of furan rings is 1. The van der Waals surface area contributed by atoms with Crippen molar-refractivity contribution in [1.29, 1.82) is 0 Å². The summed E-state index contributed by atoms with van der Waals surface area (Å²) in [7, 11) is 0. The van der Waals surface area contributed by atoms with E-state index in [2.05, 4.69) is 26.3 Å². The maximum absolute atomic E-state index is 12.6. The van der Waals surface area contributed by atoms with E-state index in [-0.39, 0.29) is 18.2 Å². The normalized spacial score (nSPS) is 10.8. The first-order chi connectivity index (χ1) is 16.3. The fraction of sp³-hybridized carbons (Fsp3) is 0.125. The van der Waals surface area contributed by atoms with E-state index < -0.39 is 5.91 Å². The van der Waals surface area contributed by atoms with Gasteiger partial charge in [-0.1, -0.05) is 29.3 Å². The minimum atomic E-state index is -0.451. The number of halogens is 3. The van der Waals surface area contributed by atoms with Crippen LogP contribution in [0.1, 0.15) is 39.2 Å². The molecule has 0 fully saturated rings. The van der Waals surface area contributed by atoms with Crippen LogP contribution in [0.5, 0.6) is 5.75 Å². The second kappa shape index (κ2) is 10.5. The fourth-order valence-corrected chi connectivity index (χ4v) is 3.96. The second-order valence-corrected chi connectivity index (χ2v) is 9.05. The number of hydrogen-bond acceptors (Lipinski definition) is 5. The van der Waals surface area contributed by atoms with Gasteiger partial charge in [-0.15, -0.1) is 0 Å². The third-order valence-electron chi connectivity index (χ3n) is 4.82. The van der Waals surface area contributed by atoms with Crippen molar-refractivity contribution in [3.8, 4) is 5.75 Å². The summed E-state index contributed by atoms with van der Waals surface area (Å²) in [5.41, 5.74) is 1.44. The van der Waals surface area contributed by atoms with Crippen LogP contribution in [0.2, 0.25) is 10.0 Å². The van der Waals surface area contributed by atoms with E-state index in [1.54, 1.807) is 59.4 Å².